The zero-order valence-corrected chi connectivity index (χ0v) is 12.2. The fourth-order valence-corrected chi connectivity index (χ4v) is 2.56. The summed E-state index contributed by atoms with van der Waals surface area (Å²) in [6.45, 7) is 0.513. The van der Waals surface area contributed by atoms with Gasteiger partial charge in [0.05, 0.1) is 6.54 Å². The van der Waals surface area contributed by atoms with Gasteiger partial charge in [-0.2, -0.15) is 11.8 Å². The van der Waals surface area contributed by atoms with Crippen molar-refractivity contribution in [1.82, 2.24) is 0 Å². The second-order valence-electron chi connectivity index (χ2n) is 4.12. The first-order valence-corrected chi connectivity index (χ1v) is 7.70. The largest absolute Gasteiger partial charge is 0.462 e. The molecule has 19 heavy (non-hydrogen) atoms. The Bertz CT molecular complexity index is 542. The van der Waals surface area contributed by atoms with E-state index in [9.17, 15) is 0 Å². The normalized spacial score (nSPS) is 10.7. The Hall–Kier alpha value is -1.10. The highest BCUT2D eigenvalue weighted by Gasteiger charge is 2.04. The molecule has 0 aliphatic rings. The first-order valence-electron chi connectivity index (χ1n) is 5.92. The molecule has 0 unspecified atom stereocenters. The topological polar surface area (TPSA) is 45.4 Å². The molecule has 2 N–H and O–H groups in total. The summed E-state index contributed by atoms with van der Waals surface area (Å²) in [5.41, 5.74) is 2.13. The van der Waals surface area contributed by atoms with Gasteiger partial charge in [-0.1, -0.05) is 11.6 Å². The average Bonchev–Trinajstić information content (AvgIpc) is 2.88. The molecule has 0 radical (unpaired) electrons. The van der Waals surface area contributed by atoms with Crippen LogP contribution < -0.4 is 5.32 Å². The summed E-state index contributed by atoms with van der Waals surface area (Å²) < 4.78 is 5.41. The molecular weight excluding hydrogens is 282 g/mol. The van der Waals surface area contributed by atoms with Crippen molar-refractivity contribution in [1.29, 1.82) is 0 Å². The van der Waals surface area contributed by atoms with E-state index in [1.165, 1.54) is 0 Å². The van der Waals surface area contributed by atoms with Crippen LogP contribution in [0.25, 0.3) is 0 Å². The molecule has 0 fully saturated rings. The molecule has 5 heteroatoms. The standard InChI is InChI=1S/C14H16ClNO2S/c1-19-9-10-6-11(2-5-14(10)15)16-7-12-3-4-13(8-17)18-12/h2-6,16-17H,7-9H2,1H3. The van der Waals surface area contributed by atoms with Gasteiger partial charge < -0.3 is 14.8 Å². The minimum Gasteiger partial charge on any atom is -0.462 e. The predicted molar refractivity (Wildman–Crippen MR) is 80.6 cm³/mol. The molecule has 1 aromatic carbocycles. The number of rotatable bonds is 6. The number of hydrogen-bond donors (Lipinski definition) is 2. The number of nitrogens with one attached hydrogen (secondary N) is 1. The molecule has 0 atom stereocenters. The molecule has 1 heterocycles. The van der Waals surface area contributed by atoms with Gasteiger partial charge in [0, 0.05) is 16.5 Å². The van der Waals surface area contributed by atoms with Crippen LogP contribution in [0.1, 0.15) is 17.1 Å². The molecule has 0 bridgehead atoms. The molecule has 0 saturated carbocycles. The highest BCUT2D eigenvalue weighted by atomic mass is 35.5. The van der Waals surface area contributed by atoms with Crippen molar-refractivity contribution in [2.24, 2.45) is 0 Å². The van der Waals surface area contributed by atoms with Crippen LogP contribution in [0, 0.1) is 0 Å². The van der Waals surface area contributed by atoms with Crippen LogP contribution in [0.5, 0.6) is 0 Å². The fraction of sp³-hybridized carbons (Fsp3) is 0.286. The summed E-state index contributed by atoms with van der Waals surface area (Å²) >= 11 is 7.87. The van der Waals surface area contributed by atoms with E-state index in [1.54, 1.807) is 17.8 Å². The van der Waals surface area contributed by atoms with Gasteiger partial charge in [0.1, 0.15) is 18.1 Å². The van der Waals surface area contributed by atoms with Crippen molar-refractivity contribution in [3.8, 4) is 0 Å². The lowest BCUT2D eigenvalue weighted by Crippen LogP contribution is -1.99. The summed E-state index contributed by atoms with van der Waals surface area (Å²) in [4.78, 5) is 0. The van der Waals surface area contributed by atoms with Crippen LogP contribution in [0.4, 0.5) is 5.69 Å². The summed E-state index contributed by atoms with van der Waals surface area (Å²) in [5.74, 6) is 2.27. The molecule has 2 aromatic rings. The Morgan fingerprint density at radius 2 is 2.05 bits per heavy atom. The number of thioether (sulfide) groups is 1. The third-order valence-electron chi connectivity index (χ3n) is 2.69. The van der Waals surface area contributed by atoms with E-state index >= 15 is 0 Å². The van der Waals surface area contributed by atoms with Crippen LogP contribution >= 0.6 is 23.4 Å². The number of hydrogen-bond acceptors (Lipinski definition) is 4. The molecule has 102 valence electrons. The highest BCUT2D eigenvalue weighted by Crippen LogP contribution is 2.24. The first-order chi connectivity index (χ1) is 9.22. The lowest BCUT2D eigenvalue weighted by Gasteiger charge is -2.08. The van der Waals surface area contributed by atoms with E-state index in [0.717, 1.165) is 27.8 Å². The Morgan fingerprint density at radius 3 is 2.74 bits per heavy atom. The van der Waals surface area contributed by atoms with Gasteiger partial charge in [-0.15, -0.1) is 0 Å². The smallest absolute Gasteiger partial charge is 0.129 e. The summed E-state index contributed by atoms with van der Waals surface area (Å²) in [6, 6.07) is 9.53. The first kappa shape index (κ1) is 14.3. The van der Waals surface area contributed by atoms with Crippen molar-refractivity contribution in [3.05, 3.63) is 52.4 Å². The van der Waals surface area contributed by atoms with Gasteiger partial charge in [-0.3, -0.25) is 0 Å². The van der Waals surface area contributed by atoms with Crippen LogP contribution in [0.3, 0.4) is 0 Å². The highest BCUT2D eigenvalue weighted by molar-refractivity contribution is 7.97. The molecule has 3 nitrogen and oxygen atoms in total. The Labute approximate surface area is 122 Å². The maximum atomic E-state index is 8.93. The molecule has 0 saturated heterocycles. The number of anilines is 1. The van der Waals surface area contributed by atoms with Crippen molar-refractivity contribution < 1.29 is 9.52 Å². The van der Waals surface area contributed by atoms with E-state index in [-0.39, 0.29) is 6.61 Å². The van der Waals surface area contributed by atoms with E-state index in [1.807, 2.05) is 18.2 Å². The van der Waals surface area contributed by atoms with Crippen molar-refractivity contribution in [2.45, 2.75) is 18.9 Å². The van der Waals surface area contributed by atoms with Gasteiger partial charge in [-0.25, -0.2) is 0 Å². The lowest BCUT2D eigenvalue weighted by atomic mass is 10.2. The molecule has 0 spiro atoms. The summed E-state index contributed by atoms with van der Waals surface area (Å²) in [7, 11) is 0. The van der Waals surface area contributed by atoms with Crippen LogP contribution in [0.15, 0.2) is 34.7 Å². The van der Waals surface area contributed by atoms with E-state index in [4.69, 9.17) is 21.1 Å². The molecule has 2 rings (SSSR count). The molecule has 1 aromatic heterocycles. The van der Waals surface area contributed by atoms with Crippen LogP contribution in [-0.2, 0) is 18.9 Å². The van der Waals surface area contributed by atoms with Gasteiger partial charge >= 0.3 is 0 Å². The molecule has 0 aliphatic heterocycles. The van der Waals surface area contributed by atoms with Gasteiger partial charge in [0.2, 0.25) is 0 Å². The van der Waals surface area contributed by atoms with Gasteiger partial charge in [0.15, 0.2) is 0 Å². The zero-order valence-electron chi connectivity index (χ0n) is 10.6. The average molecular weight is 298 g/mol. The third-order valence-corrected chi connectivity index (χ3v) is 3.65. The minimum atomic E-state index is -0.0706. The quantitative estimate of drug-likeness (QED) is 0.849. The number of aliphatic hydroxyl groups excluding tert-OH is 1. The molecule has 0 amide bonds. The maximum Gasteiger partial charge on any atom is 0.129 e. The van der Waals surface area contributed by atoms with E-state index in [0.29, 0.717) is 12.3 Å². The van der Waals surface area contributed by atoms with Crippen LogP contribution in [0.2, 0.25) is 5.02 Å². The van der Waals surface area contributed by atoms with Gasteiger partial charge in [-0.05, 0) is 42.2 Å². The van der Waals surface area contributed by atoms with Crippen LogP contribution in [-0.4, -0.2) is 11.4 Å². The van der Waals surface area contributed by atoms with Crippen molar-refractivity contribution >= 4 is 29.1 Å². The Morgan fingerprint density at radius 1 is 1.26 bits per heavy atom. The number of benzene rings is 1. The lowest BCUT2D eigenvalue weighted by molar-refractivity contribution is 0.244. The minimum absolute atomic E-state index is 0.0706. The Kier molecular flexibility index (Phi) is 5.19. The zero-order chi connectivity index (χ0) is 13.7. The predicted octanol–water partition coefficient (Wildman–Crippen LogP) is 3.90. The number of aliphatic hydroxyl groups is 1. The SMILES string of the molecule is CSCc1cc(NCc2ccc(CO)o2)ccc1Cl. The van der Waals surface area contributed by atoms with Crippen molar-refractivity contribution in [3.63, 3.8) is 0 Å². The van der Waals surface area contributed by atoms with E-state index < -0.39 is 0 Å². The molecule has 0 aliphatic carbocycles. The second-order valence-corrected chi connectivity index (χ2v) is 5.39. The summed E-state index contributed by atoms with van der Waals surface area (Å²) in [5, 5.41) is 13.0. The Balaban J connectivity index is 2.00. The van der Waals surface area contributed by atoms with Gasteiger partial charge in [0.25, 0.3) is 0 Å². The van der Waals surface area contributed by atoms with Crippen molar-refractivity contribution in [2.75, 3.05) is 11.6 Å². The van der Waals surface area contributed by atoms with E-state index in [2.05, 4.69) is 17.6 Å². The molecular formula is C14H16ClNO2S. The second kappa shape index (κ2) is 6.89. The number of halogens is 1. The monoisotopic (exact) mass is 297 g/mol. The third kappa shape index (κ3) is 3.93. The fourth-order valence-electron chi connectivity index (χ4n) is 1.74. The number of furan rings is 1. The maximum absolute atomic E-state index is 8.93. The summed E-state index contributed by atoms with van der Waals surface area (Å²) in [6.07, 6.45) is 2.05.